The van der Waals surface area contributed by atoms with Crippen LogP contribution in [0.3, 0.4) is 0 Å². The van der Waals surface area contributed by atoms with E-state index < -0.39 is 0 Å². The fourth-order valence-corrected chi connectivity index (χ4v) is 1.50. The molecule has 88 valence electrons. The van der Waals surface area contributed by atoms with Gasteiger partial charge in [-0.05, 0) is 24.6 Å². The summed E-state index contributed by atoms with van der Waals surface area (Å²) >= 11 is 0. The Kier molecular flexibility index (Phi) is 3.49. The van der Waals surface area contributed by atoms with E-state index in [9.17, 15) is 4.79 Å². The van der Waals surface area contributed by atoms with Crippen molar-refractivity contribution in [3.05, 3.63) is 42.5 Å². The van der Waals surface area contributed by atoms with Gasteiger partial charge >= 0.3 is 5.97 Å². The lowest BCUT2D eigenvalue weighted by atomic mass is 10.1. The molecule has 0 N–H and O–H groups in total. The van der Waals surface area contributed by atoms with Gasteiger partial charge in [-0.1, -0.05) is 12.1 Å². The number of carbonyl (C=O) groups excluding carboxylic acids is 1. The highest BCUT2D eigenvalue weighted by atomic mass is 16.5. The summed E-state index contributed by atoms with van der Waals surface area (Å²) in [6.45, 7) is 2.21. The summed E-state index contributed by atoms with van der Waals surface area (Å²) in [6, 6.07) is 7.62. The Morgan fingerprint density at radius 1 is 1.24 bits per heavy atom. The first-order valence-corrected chi connectivity index (χ1v) is 5.39. The molecule has 0 saturated heterocycles. The molecule has 0 aliphatic heterocycles. The molecular weight excluding hydrogens is 218 g/mol. The first-order chi connectivity index (χ1) is 8.29. The van der Waals surface area contributed by atoms with Gasteiger partial charge in [-0.3, -0.25) is 9.36 Å². The van der Waals surface area contributed by atoms with Gasteiger partial charge in [0.25, 0.3) is 0 Å². The maximum atomic E-state index is 11.3. The molecule has 5 nitrogen and oxygen atoms in total. The van der Waals surface area contributed by atoms with Crippen LogP contribution in [0.5, 0.6) is 0 Å². The molecule has 0 amide bonds. The molecule has 0 aliphatic carbocycles. The van der Waals surface area contributed by atoms with E-state index in [2.05, 4.69) is 10.2 Å². The van der Waals surface area contributed by atoms with Gasteiger partial charge in [0.15, 0.2) is 0 Å². The number of hydrogen-bond donors (Lipinski definition) is 0. The molecule has 0 atom stereocenters. The third-order valence-corrected chi connectivity index (χ3v) is 2.31. The van der Waals surface area contributed by atoms with E-state index in [1.54, 1.807) is 24.1 Å². The molecule has 0 saturated carbocycles. The molecule has 1 heterocycles. The smallest absolute Gasteiger partial charge is 0.310 e. The molecule has 0 bridgehead atoms. The van der Waals surface area contributed by atoms with Crippen molar-refractivity contribution in [1.29, 1.82) is 0 Å². The third kappa shape index (κ3) is 2.90. The number of hydrogen-bond acceptors (Lipinski definition) is 4. The van der Waals surface area contributed by atoms with Crippen LogP contribution in [0.2, 0.25) is 0 Å². The Balaban J connectivity index is 2.06. The van der Waals surface area contributed by atoms with Crippen molar-refractivity contribution in [1.82, 2.24) is 14.8 Å². The van der Waals surface area contributed by atoms with Gasteiger partial charge in [0.05, 0.1) is 13.0 Å². The summed E-state index contributed by atoms with van der Waals surface area (Å²) in [6.07, 6.45) is 3.55. The Morgan fingerprint density at radius 2 is 1.88 bits per heavy atom. The molecule has 0 unspecified atom stereocenters. The SMILES string of the molecule is CCOC(=O)Cc1ccc(-n2cnnc2)cc1. The number of carbonyl (C=O) groups is 1. The molecule has 1 aromatic heterocycles. The maximum absolute atomic E-state index is 11.3. The Bertz CT molecular complexity index is 477. The second-order valence-corrected chi connectivity index (χ2v) is 3.52. The van der Waals surface area contributed by atoms with Crippen molar-refractivity contribution in [3.63, 3.8) is 0 Å². The van der Waals surface area contributed by atoms with E-state index in [0.717, 1.165) is 11.3 Å². The summed E-state index contributed by atoms with van der Waals surface area (Å²) in [5.74, 6) is -0.204. The van der Waals surface area contributed by atoms with E-state index in [4.69, 9.17) is 4.74 Å². The minimum atomic E-state index is -0.204. The summed E-state index contributed by atoms with van der Waals surface area (Å²) in [5, 5.41) is 7.47. The molecule has 0 radical (unpaired) electrons. The van der Waals surface area contributed by atoms with Crippen molar-refractivity contribution in [2.45, 2.75) is 13.3 Å². The van der Waals surface area contributed by atoms with Crippen molar-refractivity contribution < 1.29 is 9.53 Å². The van der Waals surface area contributed by atoms with E-state index in [1.807, 2.05) is 24.3 Å². The maximum Gasteiger partial charge on any atom is 0.310 e. The first-order valence-electron chi connectivity index (χ1n) is 5.39. The number of aromatic nitrogens is 3. The highest BCUT2D eigenvalue weighted by Gasteiger charge is 2.04. The minimum Gasteiger partial charge on any atom is -0.466 e. The largest absolute Gasteiger partial charge is 0.466 e. The normalized spacial score (nSPS) is 10.2. The van der Waals surface area contributed by atoms with Gasteiger partial charge in [-0.2, -0.15) is 0 Å². The molecule has 17 heavy (non-hydrogen) atoms. The van der Waals surface area contributed by atoms with Crippen LogP contribution in [0.4, 0.5) is 0 Å². The minimum absolute atomic E-state index is 0.204. The number of nitrogens with zero attached hydrogens (tertiary/aromatic N) is 3. The van der Waals surface area contributed by atoms with Crippen molar-refractivity contribution in [2.75, 3.05) is 6.61 Å². The topological polar surface area (TPSA) is 57.0 Å². The van der Waals surface area contributed by atoms with Gasteiger partial charge in [-0.25, -0.2) is 0 Å². The molecule has 0 aliphatic rings. The molecule has 5 heteroatoms. The first kappa shape index (κ1) is 11.3. The predicted molar refractivity (Wildman–Crippen MR) is 61.7 cm³/mol. The average Bonchev–Trinajstić information content (AvgIpc) is 2.84. The summed E-state index contributed by atoms with van der Waals surface area (Å²) in [5.41, 5.74) is 1.89. The summed E-state index contributed by atoms with van der Waals surface area (Å²) in [4.78, 5) is 11.3. The quantitative estimate of drug-likeness (QED) is 0.746. The fraction of sp³-hybridized carbons (Fsp3) is 0.250. The summed E-state index contributed by atoms with van der Waals surface area (Å²) in [7, 11) is 0. The van der Waals surface area contributed by atoms with Gasteiger partial charge in [0.2, 0.25) is 0 Å². The second kappa shape index (κ2) is 5.25. The zero-order valence-electron chi connectivity index (χ0n) is 9.54. The standard InChI is InChI=1S/C12H13N3O2/c1-2-17-12(16)7-10-3-5-11(6-4-10)15-8-13-14-9-15/h3-6,8-9H,2,7H2,1H3. The van der Waals surface area contributed by atoms with E-state index >= 15 is 0 Å². The van der Waals surface area contributed by atoms with Crippen LogP contribution in [-0.4, -0.2) is 27.3 Å². The van der Waals surface area contributed by atoms with Gasteiger partial charge < -0.3 is 4.74 Å². The highest BCUT2D eigenvalue weighted by molar-refractivity contribution is 5.72. The monoisotopic (exact) mass is 231 g/mol. The van der Waals surface area contributed by atoms with Crippen molar-refractivity contribution in [3.8, 4) is 5.69 Å². The Morgan fingerprint density at radius 3 is 2.47 bits per heavy atom. The number of benzene rings is 1. The van der Waals surface area contributed by atoms with Crippen LogP contribution in [0, 0.1) is 0 Å². The zero-order chi connectivity index (χ0) is 12.1. The number of rotatable bonds is 4. The molecule has 0 spiro atoms. The lowest BCUT2D eigenvalue weighted by molar-refractivity contribution is -0.142. The fourth-order valence-electron chi connectivity index (χ4n) is 1.50. The third-order valence-electron chi connectivity index (χ3n) is 2.31. The van der Waals surface area contributed by atoms with Crippen LogP contribution < -0.4 is 0 Å². The van der Waals surface area contributed by atoms with Crippen LogP contribution in [0.15, 0.2) is 36.9 Å². The Labute approximate surface area is 99.1 Å². The Hall–Kier alpha value is -2.17. The van der Waals surface area contributed by atoms with Crippen LogP contribution in [0.1, 0.15) is 12.5 Å². The van der Waals surface area contributed by atoms with Crippen LogP contribution in [-0.2, 0) is 16.0 Å². The predicted octanol–water partition coefficient (Wildman–Crippen LogP) is 1.37. The molecule has 2 rings (SSSR count). The number of esters is 1. The van der Waals surface area contributed by atoms with Gasteiger partial charge in [0, 0.05) is 5.69 Å². The molecule has 1 aromatic carbocycles. The molecular formula is C12H13N3O2. The van der Waals surface area contributed by atoms with E-state index in [1.165, 1.54) is 0 Å². The number of ether oxygens (including phenoxy) is 1. The van der Waals surface area contributed by atoms with Crippen molar-refractivity contribution in [2.24, 2.45) is 0 Å². The zero-order valence-corrected chi connectivity index (χ0v) is 9.54. The molecule has 0 fully saturated rings. The second-order valence-electron chi connectivity index (χ2n) is 3.52. The van der Waals surface area contributed by atoms with Crippen LogP contribution >= 0.6 is 0 Å². The molecule has 2 aromatic rings. The van der Waals surface area contributed by atoms with Crippen molar-refractivity contribution >= 4 is 5.97 Å². The summed E-state index contributed by atoms with van der Waals surface area (Å²) < 4.78 is 6.68. The average molecular weight is 231 g/mol. The van der Waals surface area contributed by atoms with Gasteiger partial charge in [0.1, 0.15) is 12.7 Å². The van der Waals surface area contributed by atoms with Crippen LogP contribution in [0.25, 0.3) is 5.69 Å². The highest BCUT2D eigenvalue weighted by Crippen LogP contribution is 2.09. The van der Waals surface area contributed by atoms with Gasteiger partial charge in [-0.15, -0.1) is 10.2 Å². The lowest BCUT2D eigenvalue weighted by Crippen LogP contribution is -2.07. The van der Waals surface area contributed by atoms with E-state index in [0.29, 0.717) is 13.0 Å². The lowest BCUT2D eigenvalue weighted by Gasteiger charge is -2.04. The van der Waals surface area contributed by atoms with E-state index in [-0.39, 0.29) is 5.97 Å².